The van der Waals surface area contributed by atoms with Crippen molar-refractivity contribution in [2.75, 3.05) is 7.11 Å². The first-order valence-electron chi connectivity index (χ1n) is 5.85. The molecule has 0 atom stereocenters. The van der Waals surface area contributed by atoms with E-state index in [4.69, 9.17) is 4.74 Å². The van der Waals surface area contributed by atoms with E-state index >= 15 is 0 Å². The van der Waals surface area contributed by atoms with Crippen molar-refractivity contribution in [1.82, 2.24) is 4.98 Å². The van der Waals surface area contributed by atoms with E-state index in [1.54, 1.807) is 6.07 Å². The summed E-state index contributed by atoms with van der Waals surface area (Å²) in [6.07, 6.45) is 1.39. The monoisotopic (exact) mass is 259 g/mol. The fourth-order valence-corrected chi connectivity index (χ4v) is 1.91. The molecule has 0 fully saturated rings. The summed E-state index contributed by atoms with van der Waals surface area (Å²) in [6.45, 7) is 3.78. The van der Waals surface area contributed by atoms with Gasteiger partial charge in [0.25, 0.3) is 0 Å². The summed E-state index contributed by atoms with van der Waals surface area (Å²) in [6, 6.07) is 6.11. The Morgan fingerprint density at radius 3 is 2.63 bits per heavy atom. The van der Waals surface area contributed by atoms with Gasteiger partial charge in [-0.05, 0) is 43.2 Å². The third-order valence-corrected chi connectivity index (χ3v) is 3.10. The Bertz CT molecular complexity index is 638. The highest BCUT2D eigenvalue weighted by molar-refractivity contribution is 6.10. The van der Waals surface area contributed by atoms with Crippen molar-refractivity contribution in [3.63, 3.8) is 0 Å². The second-order valence-electron chi connectivity index (χ2n) is 4.25. The predicted octanol–water partition coefficient (Wildman–Crippen LogP) is 3.08. The van der Waals surface area contributed by atoms with Crippen molar-refractivity contribution in [3.8, 4) is 5.75 Å². The van der Waals surface area contributed by atoms with Gasteiger partial charge in [0.1, 0.15) is 11.4 Å². The number of carbonyl (C=O) groups is 1. The van der Waals surface area contributed by atoms with Crippen LogP contribution in [0.1, 0.15) is 27.2 Å². The van der Waals surface area contributed by atoms with Gasteiger partial charge in [0.15, 0.2) is 5.82 Å². The first-order chi connectivity index (χ1) is 9.06. The lowest BCUT2D eigenvalue weighted by Crippen LogP contribution is -2.09. The van der Waals surface area contributed by atoms with Crippen LogP contribution in [0.4, 0.5) is 4.39 Å². The molecule has 19 heavy (non-hydrogen) atoms. The molecule has 1 aromatic carbocycles. The summed E-state index contributed by atoms with van der Waals surface area (Å²) in [5, 5.41) is 0. The van der Waals surface area contributed by atoms with Crippen LogP contribution in [-0.4, -0.2) is 17.9 Å². The molecule has 0 radical (unpaired) electrons. The van der Waals surface area contributed by atoms with E-state index in [2.05, 4.69) is 4.98 Å². The molecule has 0 aliphatic carbocycles. The maximum atomic E-state index is 13.6. The molecule has 1 aromatic heterocycles. The Balaban J connectivity index is 2.57. The number of aromatic nitrogens is 1. The second kappa shape index (κ2) is 5.18. The van der Waals surface area contributed by atoms with Crippen molar-refractivity contribution in [2.45, 2.75) is 13.8 Å². The van der Waals surface area contributed by atoms with E-state index in [-0.39, 0.29) is 5.69 Å². The lowest BCUT2D eigenvalue weighted by atomic mass is 9.99. The molecule has 0 bridgehead atoms. The van der Waals surface area contributed by atoms with Gasteiger partial charge in [0.05, 0.1) is 12.7 Å². The largest absolute Gasteiger partial charge is 0.496 e. The van der Waals surface area contributed by atoms with Crippen LogP contribution < -0.4 is 4.74 Å². The van der Waals surface area contributed by atoms with Gasteiger partial charge in [-0.3, -0.25) is 4.79 Å². The number of nitrogens with zero attached hydrogens (tertiary/aromatic N) is 1. The van der Waals surface area contributed by atoms with Gasteiger partial charge in [-0.25, -0.2) is 9.37 Å². The Labute approximate surface area is 111 Å². The highest BCUT2D eigenvalue weighted by Gasteiger charge is 2.20. The normalized spacial score (nSPS) is 10.3. The minimum absolute atomic E-state index is 0.191. The van der Waals surface area contributed by atoms with E-state index < -0.39 is 11.6 Å². The number of benzene rings is 1. The van der Waals surface area contributed by atoms with Gasteiger partial charge in [-0.15, -0.1) is 0 Å². The molecule has 0 spiro atoms. The summed E-state index contributed by atoms with van der Waals surface area (Å²) >= 11 is 0. The zero-order chi connectivity index (χ0) is 14.0. The van der Waals surface area contributed by atoms with E-state index in [1.807, 2.05) is 19.9 Å². The first-order valence-corrected chi connectivity index (χ1v) is 5.85. The number of pyridine rings is 1. The van der Waals surface area contributed by atoms with Gasteiger partial charge in [-0.1, -0.05) is 6.07 Å². The first kappa shape index (κ1) is 13.2. The number of ether oxygens (including phenoxy) is 1. The van der Waals surface area contributed by atoms with Crippen LogP contribution in [-0.2, 0) is 0 Å². The maximum absolute atomic E-state index is 13.6. The number of hydrogen-bond donors (Lipinski definition) is 0. The fraction of sp³-hybridized carbons (Fsp3) is 0.200. The molecule has 0 saturated carbocycles. The highest BCUT2D eigenvalue weighted by atomic mass is 19.1. The van der Waals surface area contributed by atoms with Gasteiger partial charge >= 0.3 is 0 Å². The fourth-order valence-electron chi connectivity index (χ4n) is 1.91. The van der Waals surface area contributed by atoms with Crippen molar-refractivity contribution in [3.05, 3.63) is 58.7 Å². The lowest BCUT2D eigenvalue weighted by molar-refractivity contribution is 0.102. The van der Waals surface area contributed by atoms with Crippen LogP contribution >= 0.6 is 0 Å². The maximum Gasteiger partial charge on any atom is 0.218 e. The predicted molar refractivity (Wildman–Crippen MR) is 70.1 cm³/mol. The zero-order valence-electron chi connectivity index (χ0n) is 11.0. The Morgan fingerprint density at radius 1 is 1.26 bits per heavy atom. The number of aryl methyl sites for hydroxylation is 1. The van der Waals surface area contributed by atoms with Crippen molar-refractivity contribution < 1.29 is 13.9 Å². The van der Waals surface area contributed by atoms with Gasteiger partial charge in [0, 0.05) is 6.20 Å². The van der Waals surface area contributed by atoms with Crippen LogP contribution in [0.25, 0.3) is 0 Å². The molecule has 4 heteroatoms. The molecule has 0 unspecified atom stereocenters. The number of rotatable bonds is 3. The Morgan fingerprint density at radius 2 is 2.00 bits per heavy atom. The number of ketones is 1. The number of halogens is 1. The second-order valence-corrected chi connectivity index (χ2v) is 4.25. The molecule has 2 aromatic rings. The molecule has 0 saturated heterocycles. The average Bonchev–Trinajstić information content (AvgIpc) is 2.41. The molecule has 0 aliphatic heterocycles. The van der Waals surface area contributed by atoms with Crippen molar-refractivity contribution >= 4 is 5.78 Å². The lowest BCUT2D eigenvalue weighted by Gasteiger charge is -2.12. The smallest absolute Gasteiger partial charge is 0.218 e. The summed E-state index contributed by atoms with van der Waals surface area (Å²) in [5.74, 6) is -0.638. The van der Waals surface area contributed by atoms with Crippen LogP contribution in [0.15, 0.2) is 30.5 Å². The van der Waals surface area contributed by atoms with Crippen LogP contribution in [0.3, 0.4) is 0 Å². The van der Waals surface area contributed by atoms with Gasteiger partial charge < -0.3 is 4.74 Å². The quantitative estimate of drug-likeness (QED) is 0.795. The SMILES string of the molecule is COc1c(C(=O)c2ncccc2F)ccc(C)c1C. The van der Waals surface area contributed by atoms with Crippen LogP contribution in [0.5, 0.6) is 5.75 Å². The van der Waals surface area contributed by atoms with Crippen LogP contribution in [0.2, 0.25) is 0 Å². The minimum atomic E-state index is -0.632. The summed E-state index contributed by atoms with van der Waals surface area (Å²) in [4.78, 5) is 16.1. The number of carbonyl (C=O) groups excluding carboxylic acids is 1. The molecule has 0 amide bonds. The van der Waals surface area contributed by atoms with E-state index in [9.17, 15) is 9.18 Å². The molecule has 98 valence electrons. The Hall–Kier alpha value is -2.23. The molecular weight excluding hydrogens is 245 g/mol. The third-order valence-electron chi connectivity index (χ3n) is 3.10. The third kappa shape index (κ3) is 2.34. The molecule has 1 heterocycles. The van der Waals surface area contributed by atoms with E-state index in [0.717, 1.165) is 11.1 Å². The van der Waals surface area contributed by atoms with Crippen LogP contribution in [0, 0.1) is 19.7 Å². The minimum Gasteiger partial charge on any atom is -0.496 e. The Kier molecular flexibility index (Phi) is 3.60. The average molecular weight is 259 g/mol. The summed E-state index contributed by atoms with van der Waals surface area (Å²) < 4.78 is 18.9. The standard InChI is InChI=1S/C15H14FNO2/c1-9-6-7-11(15(19-3)10(9)2)14(18)13-12(16)5-4-8-17-13/h4-8H,1-3H3. The molecular formula is C15H14FNO2. The number of hydrogen-bond acceptors (Lipinski definition) is 3. The zero-order valence-corrected chi connectivity index (χ0v) is 11.0. The van der Waals surface area contributed by atoms with Crippen molar-refractivity contribution in [1.29, 1.82) is 0 Å². The van der Waals surface area contributed by atoms with E-state index in [0.29, 0.717) is 11.3 Å². The van der Waals surface area contributed by atoms with Crippen molar-refractivity contribution in [2.24, 2.45) is 0 Å². The molecule has 0 N–H and O–H groups in total. The van der Waals surface area contributed by atoms with Gasteiger partial charge in [-0.2, -0.15) is 0 Å². The molecule has 2 rings (SSSR count). The molecule has 3 nitrogen and oxygen atoms in total. The number of methoxy groups -OCH3 is 1. The van der Waals surface area contributed by atoms with E-state index in [1.165, 1.54) is 25.4 Å². The summed E-state index contributed by atoms with van der Waals surface area (Å²) in [7, 11) is 1.49. The van der Waals surface area contributed by atoms with Gasteiger partial charge in [0.2, 0.25) is 5.78 Å². The highest BCUT2D eigenvalue weighted by Crippen LogP contribution is 2.28. The summed E-state index contributed by atoms with van der Waals surface area (Å²) in [5.41, 5.74) is 2.01. The topological polar surface area (TPSA) is 39.2 Å². The molecule has 0 aliphatic rings.